The Morgan fingerprint density at radius 2 is 1.74 bits per heavy atom. The van der Waals surface area contributed by atoms with Gasteiger partial charge in [0, 0.05) is 25.7 Å². The molecule has 0 aromatic heterocycles. The number of hydrogen-bond donors (Lipinski definition) is 0. The van der Waals surface area contributed by atoms with Crippen molar-refractivity contribution in [1.29, 1.82) is 0 Å². The molecule has 1 aromatic carbocycles. The van der Waals surface area contributed by atoms with E-state index >= 15 is 0 Å². The summed E-state index contributed by atoms with van der Waals surface area (Å²) in [7, 11) is 0. The van der Waals surface area contributed by atoms with Crippen molar-refractivity contribution >= 4 is 0 Å². The van der Waals surface area contributed by atoms with Gasteiger partial charge in [-0.25, -0.2) is 4.39 Å². The summed E-state index contributed by atoms with van der Waals surface area (Å²) in [5.74, 6) is -0.154. The average Bonchev–Trinajstić information content (AvgIpc) is 3.22. The number of ether oxygens (including phenoxy) is 1. The highest BCUT2D eigenvalue weighted by Gasteiger charge is 2.44. The third-order valence-corrected chi connectivity index (χ3v) is 5.93. The highest BCUT2D eigenvalue weighted by Crippen LogP contribution is 2.38. The molecule has 1 aromatic rings. The fraction of sp³-hybridized carbons (Fsp3) is 0.684. The number of rotatable bonds is 3. The van der Waals surface area contributed by atoms with Crippen LogP contribution >= 0.6 is 0 Å². The van der Waals surface area contributed by atoms with Gasteiger partial charge in [0.05, 0.1) is 12.2 Å². The highest BCUT2D eigenvalue weighted by molar-refractivity contribution is 5.16. The van der Waals surface area contributed by atoms with Gasteiger partial charge < -0.3 is 4.74 Å². The van der Waals surface area contributed by atoms with Crippen LogP contribution in [0, 0.1) is 5.82 Å². The topological polar surface area (TPSA) is 15.7 Å². The molecule has 0 radical (unpaired) electrons. The third kappa shape index (κ3) is 3.44. The normalized spacial score (nSPS) is 28.7. The van der Waals surface area contributed by atoms with Gasteiger partial charge in [0.25, 0.3) is 0 Å². The summed E-state index contributed by atoms with van der Waals surface area (Å²) < 4.78 is 19.3. The first-order chi connectivity index (χ1) is 11.2. The van der Waals surface area contributed by atoms with Gasteiger partial charge in [-0.15, -0.1) is 0 Å². The lowest BCUT2D eigenvalue weighted by Crippen LogP contribution is -2.44. The molecule has 3 fully saturated rings. The Bertz CT molecular complexity index is 519. The summed E-state index contributed by atoms with van der Waals surface area (Å²) in [5.41, 5.74) is 1.33. The monoisotopic (exact) mass is 318 g/mol. The third-order valence-electron chi connectivity index (χ3n) is 5.93. The summed E-state index contributed by atoms with van der Waals surface area (Å²) in [6, 6.07) is 7.56. The van der Waals surface area contributed by atoms with Crippen molar-refractivity contribution in [2.75, 3.05) is 32.8 Å². The predicted octanol–water partition coefficient (Wildman–Crippen LogP) is 3.05. The number of halogens is 1. The summed E-state index contributed by atoms with van der Waals surface area (Å²) in [5, 5.41) is 0. The number of hydrogen-bond acceptors (Lipinski definition) is 3. The minimum absolute atomic E-state index is 0.132. The SMILES string of the molecule is Fc1ccc(CN2CCC3(CC2)CC(N2CCCC2)CO3)cc1. The minimum Gasteiger partial charge on any atom is -0.373 e. The van der Waals surface area contributed by atoms with Crippen LogP contribution in [0.1, 0.15) is 37.7 Å². The van der Waals surface area contributed by atoms with Crippen molar-refractivity contribution in [2.24, 2.45) is 0 Å². The Kier molecular flexibility index (Phi) is 4.39. The number of nitrogens with zero attached hydrogens (tertiary/aromatic N) is 2. The quantitative estimate of drug-likeness (QED) is 0.852. The summed E-state index contributed by atoms with van der Waals surface area (Å²) in [6.07, 6.45) is 6.21. The van der Waals surface area contributed by atoms with Gasteiger partial charge in [0.1, 0.15) is 5.82 Å². The molecule has 1 spiro atoms. The molecule has 1 atom stereocenters. The lowest BCUT2D eigenvalue weighted by Gasteiger charge is -2.39. The largest absolute Gasteiger partial charge is 0.373 e. The number of benzene rings is 1. The molecular weight excluding hydrogens is 291 g/mol. The van der Waals surface area contributed by atoms with E-state index in [4.69, 9.17) is 4.74 Å². The minimum atomic E-state index is -0.154. The molecule has 0 aliphatic carbocycles. The molecule has 4 rings (SSSR count). The van der Waals surface area contributed by atoms with Crippen LogP contribution in [0.25, 0.3) is 0 Å². The molecule has 3 aliphatic heterocycles. The second kappa shape index (κ2) is 6.50. The van der Waals surface area contributed by atoms with Crippen molar-refractivity contribution in [3.8, 4) is 0 Å². The van der Waals surface area contributed by atoms with Crippen molar-refractivity contribution in [2.45, 2.75) is 50.3 Å². The standard InChI is InChI=1S/C19H27FN2O/c20-17-5-3-16(4-6-17)14-21-11-7-19(8-12-21)13-18(15-23-19)22-9-1-2-10-22/h3-6,18H,1-2,7-15H2. The molecule has 126 valence electrons. The molecule has 23 heavy (non-hydrogen) atoms. The fourth-order valence-corrected chi connectivity index (χ4v) is 4.48. The first kappa shape index (κ1) is 15.6. The highest BCUT2D eigenvalue weighted by atomic mass is 19.1. The zero-order valence-electron chi connectivity index (χ0n) is 13.8. The van der Waals surface area contributed by atoms with Crippen molar-refractivity contribution in [1.82, 2.24) is 9.80 Å². The molecule has 0 bridgehead atoms. The van der Waals surface area contributed by atoms with Crippen LogP contribution in [0.3, 0.4) is 0 Å². The van der Waals surface area contributed by atoms with E-state index in [1.807, 2.05) is 12.1 Å². The average molecular weight is 318 g/mol. The van der Waals surface area contributed by atoms with E-state index in [2.05, 4.69) is 9.80 Å². The van der Waals surface area contributed by atoms with Gasteiger partial charge in [-0.1, -0.05) is 12.1 Å². The van der Waals surface area contributed by atoms with Gasteiger partial charge in [0.2, 0.25) is 0 Å². The van der Waals surface area contributed by atoms with Crippen LogP contribution in [-0.2, 0) is 11.3 Å². The van der Waals surface area contributed by atoms with Gasteiger partial charge in [0.15, 0.2) is 0 Å². The molecule has 3 saturated heterocycles. The smallest absolute Gasteiger partial charge is 0.123 e. The zero-order valence-corrected chi connectivity index (χ0v) is 13.8. The summed E-state index contributed by atoms with van der Waals surface area (Å²) in [4.78, 5) is 5.12. The van der Waals surface area contributed by atoms with Gasteiger partial charge in [-0.3, -0.25) is 9.80 Å². The second-order valence-corrected chi connectivity index (χ2v) is 7.50. The van der Waals surface area contributed by atoms with Crippen LogP contribution in [0.2, 0.25) is 0 Å². The van der Waals surface area contributed by atoms with E-state index < -0.39 is 0 Å². The maximum atomic E-state index is 13.0. The van der Waals surface area contributed by atoms with Crippen molar-refractivity contribution in [3.05, 3.63) is 35.6 Å². The van der Waals surface area contributed by atoms with E-state index in [9.17, 15) is 4.39 Å². The van der Waals surface area contributed by atoms with Gasteiger partial charge in [-0.05, 0) is 62.9 Å². The Hall–Kier alpha value is -0.970. The van der Waals surface area contributed by atoms with Gasteiger partial charge in [-0.2, -0.15) is 0 Å². The molecule has 1 unspecified atom stereocenters. The van der Waals surface area contributed by atoms with E-state index in [-0.39, 0.29) is 11.4 Å². The van der Waals surface area contributed by atoms with Gasteiger partial charge >= 0.3 is 0 Å². The maximum Gasteiger partial charge on any atom is 0.123 e. The van der Waals surface area contributed by atoms with Crippen LogP contribution in [0.5, 0.6) is 0 Å². The number of likely N-dealkylation sites (tertiary alicyclic amines) is 2. The summed E-state index contributed by atoms with van der Waals surface area (Å²) >= 11 is 0. The molecule has 3 aliphatic rings. The first-order valence-electron chi connectivity index (χ1n) is 9.07. The van der Waals surface area contributed by atoms with E-state index in [0.29, 0.717) is 6.04 Å². The molecule has 0 amide bonds. The van der Waals surface area contributed by atoms with Crippen molar-refractivity contribution in [3.63, 3.8) is 0 Å². The van der Waals surface area contributed by atoms with Crippen LogP contribution < -0.4 is 0 Å². The molecule has 0 N–H and O–H groups in total. The first-order valence-corrected chi connectivity index (χ1v) is 9.07. The zero-order chi connectivity index (χ0) is 15.7. The predicted molar refractivity (Wildman–Crippen MR) is 88.8 cm³/mol. The second-order valence-electron chi connectivity index (χ2n) is 7.50. The molecule has 3 nitrogen and oxygen atoms in total. The molecule has 4 heteroatoms. The Labute approximate surface area is 138 Å². The molecular formula is C19H27FN2O. The fourth-order valence-electron chi connectivity index (χ4n) is 4.48. The van der Waals surface area contributed by atoms with E-state index in [1.54, 1.807) is 12.1 Å². The Morgan fingerprint density at radius 3 is 2.43 bits per heavy atom. The Morgan fingerprint density at radius 1 is 1.04 bits per heavy atom. The van der Waals surface area contributed by atoms with Crippen molar-refractivity contribution < 1.29 is 9.13 Å². The maximum absolute atomic E-state index is 13.0. The van der Waals surface area contributed by atoms with E-state index in [0.717, 1.165) is 39.1 Å². The lowest BCUT2D eigenvalue weighted by molar-refractivity contribution is -0.0452. The van der Waals surface area contributed by atoms with Crippen LogP contribution in [0.4, 0.5) is 4.39 Å². The van der Waals surface area contributed by atoms with Crippen LogP contribution in [-0.4, -0.2) is 54.2 Å². The Balaban J connectivity index is 1.29. The number of piperidine rings is 1. The van der Waals surface area contributed by atoms with Crippen LogP contribution in [0.15, 0.2) is 24.3 Å². The molecule has 0 saturated carbocycles. The molecule has 3 heterocycles. The van der Waals surface area contributed by atoms with E-state index in [1.165, 1.54) is 37.9 Å². The lowest BCUT2D eigenvalue weighted by atomic mass is 9.87. The summed E-state index contributed by atoms with van der Waals surface area (Å²) in [6.45, 7) is 6.56.